The molecular weight excluding hydrogens is 312 g/mol. The van der Waals surface area contributed by atoms with Gasteiger partial charge >= 0.3 is 5.97 Å². The molecule has 0 spiro atoms. The summed E-state index contributed by atoms with van der Waals surface area (Å²) in [6.07, 6.45) is 5.91. The highest BCUT2D eigenvalue weighted by Crippen LogP contribution is 2.43. The molecule has 4 heteroatoms. The second-order valence-corrected chi connectivity index (χ2v) is 7.19. The van der Waals surface area contributed by atoms with Gasteiger partial charge in [-0.25, -0.2) is 0 Å². The molecule has 0 aliphatic carbocycles. The Morgan fingerprint density at radius 1 is 1.40 bits per heavy atom. The molecule has 3 saturated heterocycles. The van der Waals surface area contributed by atoms with Crippen molar-refractivity contribution in [2.75, 3.05) is 13.1 Å². The minimum Gasteiger partial charge on any atom is -0.456 e. The number of benzene rings is 1. The number of aromatic nitrogens is 1. The summed E-state index contributed by atoms with van der Waals surface area (Å²) < 4.78 is 5.87. The van der Waals surface area contributed by atoms with E-state index in [0.29, 0.717) is 11.8 Å². The lowest BCUT2D eigenvalue weighted by atomic mass is 9.73. The molecule has 4 heterocycles. The molecule has 2 aromatic rings. The highest BCUT2D eigenvalue weighted by atomic mass is 16.5. The first-order chi connectivity index (χ1) is 12.2. The van der Waals surface area contributed by atoms with E-state index in [1.165, 1.54) is 13.3 Å². The predicted octanol–water partition coefficient (Wildman–Crippen LogP) is 3.74. The zero-order valence-electron chi connectivity index (χ0n) is 14.6. The van der Waals surface area contributed by atoms with E-state index < -0.39 is 0 Å². The van der Waals surface area contributed by atoms with Crippen LogP contribution in [0.15, 0.2) is 49.2 Å². The average molecular weight is 336 g/mol. The lowest BCUT2D eigenvalue weighted by Crippen LogP contribution is -2.55. The smallest absolute Gasteiger partial charge is 0.303 e. The number of esters is 1. The molecule has 5 rings (SSSR count). The van der Waals surface area contributed by atoms with Gasteiger partial charge in [-0.05, 0) is 43.4 Å². The third kappa shape index (κ3) is 2.95. The fourth-order valence-electron chi connectivity index (χ4n) is 4.59. The van der Waals surface area contributed by atoms with Gasteiger partial charge in [-0.15, -0.1) is 6.58 Å². The summed E-state index contributed by atoms with van der Waals surface area (Å²) in [5, 5.41) is 1.07. The Morgan fingerprint density at radius 2 is 2.24 bits per heavy atom. The SMILES string of the molecule is C=CC1CN2CCC1C[C@@H]2C(OC(C)=O)c1ccnc2ccccc12. The van der Waals surface area contributed by atoms with Crippen LogP contribution in [-0.4, -0.2) is 35.0 Å². The Balaban J connectivity index is 1.74. The fraction of sp³-hybridized carbons (Fsp3) is 0.429. The van der Waals surface area contributed by atoms with Crippen molar-refractivity contribution >= 4 is 16.9 Å². The summed E-state index contributed by atoms with van der Waals surface area (Å²) in [6.45, 7) is 7.58. The van der Waals surface area contributed by atoms with Crippen LogP contribution in [0.2, 0.25) is 0 Å². The summed E-state index contributed by atoms with van der Waals surface area (Å²) in [6, 6.07) is 10.3. The average Bonchev–Trinajstić information content (AvgIpc) is 2.66. The van der Waals surface area contributed by atoms with Gasteiger partial charge in [-0.1, -0.05) is 24.3 Å². The predicted molar refractivity (Wildman–Crippen MR) is 98.0 cm³/mol. The molecule has 3 fully saturated rings. The van der Waals surface area contributed by atoms with Gasteiger partial charge in [0.15, 0.2) is 0 Å². The van der Waals surface area contributed by atoms with Gasteiger partial charge in [-0.3, -0.25) is 14.7 Å². The van der Waals surface area contributed by atoms with Gasteiger partial charge in [0.25, 0.3) is 0 Å². The second kappa shape index (κ2) is 6.60. The Labute approximate surface area is 148 Å². The molecule has 0 N–H and O–H groups in total. The number of rotatable bonds is 4. The van der Waals surface area contributed by atoms with Crippen molar-refractivity contribution in [1.82, 2.24) is 9.88 Å². The van der Waals surface area contributed by atoms with Gasteiger partial charge in [0, 0.05) is 30.6 Å². The van der Waals surface area contributed by atoms with Crippen molar-refractivity contribution in [2.45, 2.75) is 31.9 Å². The number of fused-ring (bicyclic) bond motifs is 4. The van der Waals surface area contributed by atoms with Crippen molar-refractivity contribution in [1.29, 1.82) is 0 Å². The van der Waals surface area contributed by atoms with Crippen LogP contribution in [0, 0.1) is 11.8 Å². The number of nitrogens with zero attached hydrogens (tertiary/aromatic N) is 2. The number of ether oxygens (including phenoxy) is 1. The third-order valence-corrected chi connectivity index (χ3v) is 5.79. The largest absolute Gasteiger partial charge is 0.456 e. The maximum atomic E-state index is 11.9. The van der Waals surface area contributed by atoms with Gasteiger partial charge in [-0.2, -0.15) is 0 Å². The zero-order valence-corrected chi connectivity index (χ0v) is 14.6. The maximum Gasteiger partial charge on any atom is 0.303 e. The molecule has 3 aliphatic rings. The van der Waals surface area contributed by atoms with E-state index in [9.17, 15) is 4.79 Å². The van der Waals surface area contributed by atoms with E-state index in [0.717, 1.165) is 36.0 Å². The number of carbonyl (C=O) groups excluding carboxylic acids is 1. The van der Waals surface area contributed by atoms with E-state index in [4.69, 9.17) is 4.74 Å². The summed E-state index contributed by atoms with van der Waals surface area (Å²) in [7, 11) is 0. The van der Waals surface area contributed by atoms with Crippen molar-refractivity contribution in [3.05, 3.63) is 54.7 Å². The fourth-order valence-corrected chi connectivity index (χ4v) is 4.59. The van der Waals surface area contributed by atoms with Crippen molar-refractivity contribution in [3.8, 4) is 0 Å². The van der Waals surface area contributed by atoms with Crippen LogP contribution in [0.5, 0.6) is 0 Å². The van der Waals surface area contributed by atoms with Crippen molar-refractivity contribution < 1.29 is 9.53 Å². The Morgan fingerprint density at radius 3 is 2.96 bits per heavy atom. The van der Waals surface area contributed by atoms with Crippen LogP contribution in [0.25, 0.3) is 10.9 Å². The molecule has 0 radical (unpaired) electrons. The molecule has 25 heavy (non-hydrogen) atoms. The van der Waals surface area contributed by atoms with E-state index in [1.807, 2.05) is 30.5 Å². The van der Waals surface area contributed by atoms with Crippen LogP contribution in [-0.2, 0) is 9.53 Å². The summed E-state index contributed by atoms with van der Waals surface area (Å²) >= 11 is 0. The molecule has 1 aromatic carbocycles. The number of piperidine rings is 3. The lowest BCUT2D eigenvalue weighted by molar-refractivity contribution is -0.154. The van der Waals surface area contributed by atoms with Gasteiger partial charge < -0.3 is 4.74 Å². The maximum absolute atomic E-state index is 11.9. The summed E-state index contributed by atoms with van der Waals surface area (Å²) in [5.41, 5.74) is 2.01. The van der Waals surface area contributed by atoms with Gasteiger partial charge in [0.2, 0.25) is 0 Å². The molecule has 4 unspecified atom stereocenters. The molecule has 1 aromatic heterocycles. The Kier molecular flexibility index (Phi) is 4.30. The van der Waals surface area contributed by atoms with Gasteiger partial charge in [0.1, 0.15) is 6.10 Å². The van der Waals surface area contributed by atoms with E-state index >= 15 is 0 Å². The molecule has 5 atom stereocenters. The lowest BCUT2D eigenvalue weighted by Gasteiger charge is -2.51. The van der Waals surface area contributed by atoms with Crippen LogP contribution >= 0.6 is 0 Å². The van der Waals surface area contributed by atoms with Crippen LogP contribution in [0.4, 0.5) is 0 Å². The quantitative estimate of drug-likeness (QED) is 0.630. The first-order valence-corrected chi connectivity index (χ1v) is 9.05. The first-order valence-electron chi connectivity index (χ1n) is 9.05. The normalized spacial score (nSPS) is 29.3. The molecular formula is C21H24N2O2. The number of hydrogen-bond acceptors (Lipinski definition) is 4. The van der Waals surface area contributed by atoms with Crippen molar-refractivity contribution in [2.24, 2.45) is 11.8 Å². The molecule has 130 valence electrons. The monoisotopic (exact) mass is 336 g/mol. The number of hydrogen-bond donors (Lipinski definition) is 0. The van der Waals surface area contributed by atoms with Gasteiger partial charge in [0.05, 0.1) is 11.6 Å². The standard InChI is InChI=1S/C21H24N2O2/c1-3-15-13-23-11-9-16(15)12-20(23)21(25-14(2)24)18-8-10-22-19-7-5-4-6-17(18)19/h3-8,10,15-16,20-21H,1,9,11-13H2,2H3/t15?,16?,20-,21?/m1/s1. The number of carbonyl (C=O) groups is 1. The van der Waals surface area contributed by atoms with Crippen LogP contribution in [0.1, 0.15) is 31.4 Å². The minimum absolute atomic E-state index is 0.227. The van der Waals surface area contributed by atoms with Crippen LogP contribution in [0.3, 0.4) is 0 Å². The molecule has 3 aliphatic heterocycles. The number of pyridine rings is 1. The number of para-hydroxylation sites is 1. The summed E-state index contributed by atoms with van der Waals surface area (Å²) in [4.78, 5) is 18.8. The highest BCUT2D eigenvalue weighted by molar-refractivity contribution is 5.82. The van der Waals surface area contributed by atoms with E-state index in [1.54, 1.807) is 0 Å². The van der Waals surface area contributed by atoms with E-state index in [-0.39, 0.29) is 18.1 Å². The minimum atomic E-state index is -0.251. The summed E-state index contributed by atoms with van der Waals surface area (Å²) in [5.74, 6) is 0.963. The Hall–Kier alpha value is -2.20. The van der Waals surface area contributed by atoms with Crippen molar-refractivity contribution in [3.63, 3.8) is 0 Å². The zero-order chi connectivity index (χ0) is 17.4. The molecule has 4 nitrogen and oxygen atoms in total. The first kappa shape index (κ1) is 16.3. The Bertz CT molecular complexity index is 798. The van der Waals surface area contributed by atoms with E-state index in [2.05, 4.69) is 28.6 Å². The van der Waals surface area contributed by atoms with Crippen LogP contribution < -0.4 is 0 Å². The highest BCUT2D eigenvalue weighted by Gasteiger charge is 2.44. The second-order valence-electron chi connectivity index (χ2n) is 7.19. The topological polar surface area (TPSA) is 42.4 Å². The third-order valence-electron chi connectivity index (χ3n) is 5.79. The molecule has 2 bridgehead atoms. The molecule has 0 amide bonds. The molecule has 0 saturated carbocycles.